The smallest absolute Gasteiger partial charge is 0.368 e. The quantitative estimate of drug-likeness (QED) is 0.226. The molecule has 0 saturated heterocycles. The second-order valence-corrected chi connectivity index (χ2v) is 6.33. The van der Waals surface area contributed by atoms with Gasteiger partial charge in [-0.15, -0.1) is 0 Å². The monoisotopic (exact) mass is 828 g/mol. The fourth-order valence-corrected chi connectivity index (χ4v) is 1.53. The topological polar surface area (TPSA) is 135 Å². The van der Waals surface area contributed by atoms with Crippen molar-refractivity contribution in [2.45, 2.75) is 12.0 Å². The predicted octanol–water partition coefficient (Wildman–Crippen LogP) is -1.01. The molecule has 0 aliphatic heterocycles. The normalized spacial score (nSPS) is 9.22. The maximum Gasteiger partial charge on any atom is 0.369 e. The van der Waals surface area contributed by atoms with Gasteiger partial charge in [0.2, 0.25) is 0 Å². The molecule has 5 N–H and O–H groups in total. The summed E-state index contributed by atoms with van der Waals surface area (Å²) < 4.78 is 20.5. The van der Waals surface area contributed by atoms with Gasteiger partial charge in [-0.1, -0.05) is 0 Å². The Morgan fingerprint density at radius 2 is 0.778 bits per heavy atom. The van der Waals surface area contributed by atoms with E-state index < -0.39 is 20.3 Å². The molecule has 0 bridgehead atoms. The van der Waals surface area contributed by atoms with Crippen LogP contribution in [0.5, 0.6) is 0 Å². The fourth-order valence-electron chi connectivity index (χ4n) is 0.170. The first-order valence-electron chi connectivity index (χ1n) is 2.34. The zero-order chi connectivity index (χ0) is 9.50. The van der Waals surface area contributed by atoms with Gasteiger partial charge in [0.25, 0.3) is 5.08 Å². The van der Waals surface area contributed by atoms with Gasteiger partial charge >= 0.3 is 15.2 Å². The Morgan fingerprint density at radius 1 is 0.667 bits per heavy atom. The van der Waals surface area contributed by atoms with Crippen LogP contribution in [0.25, 0.3) is 0 Å². The van der Waals surface area contributed by atoms with Crippen LogP contribution in [-0.2, 0) is 238 Å². The minimum atomic E-state index is -5.20. The summed E-state index contributed by atoms with van der Waals surface area (Å²) in [5.41, 5.74) is 0. The predicted molar refractivity (Wildman–Crippen MR) is 34.7 cm³/mol. The summed E-state index contributed by atoms with van der Waals surface area (Å²) in [6.07, 6.45) is 0. The molecule has 89 valence electrons. The van der Waals surface area contributed by atoms with Crippen LogP contribution in [0.3, 0.4) is 0 Å². The van der Waals surface area contributed by atoms with E-state index in [1.54, 1.807) is 0 Å². The van der Waals surface area contributed by atoms with E-state index in [0.29, 0.717) is 6.92 Å². The molecule has 18 heavy (non-hydrogen) atoms. The molecule has 0 aromatic rings. The van der Waals surface area contributed by atoms with E-state index in [9.17, 15) is 9.13 Å². The number of rotatable bonds is 2. The fraction of sp³-hybridized carbons (Fsp3) is 1.00. The van der Waals surface area contributed by atoms with Gasteiger partial charge < -0.3 is 24.7 Å². The van der Waals surface area contributed by atoms with Crippen LogP contribution >= 0.6 is 15.2 Å². The Kier molecular flexibility index (Phi) is 59.3. The summed E-state index contributed by atoms with van der Waals surface area (Å²) >= 11 is 0. The van der Waals surface area contributed by atoms with E-state index in [2.05, 4.69) is 0 Å². The van der Waals surface area contributed by atoms with E-state index in [-0.39, 0.29) is 229 Å². The van der Waals surface area contributed by atoms with Crippen LogP contribution in [0.15, 0.2) is 0 Å². The van der Waals surface area contributed by atoms with Crippen LogP contribution in [0, 0.1) is 0 Å². The van der Waals surface area contributed by atoms with E-state index in [1.165, 1.54) is 0 Å². The summed E-state index contributed by atoms with van der Waals surface area (Å²) in [6.45, 7) is 0.383. The van der Waals surface area contributed by atoms with Gasteiger partial charge in [-0.25, -0.2) is 0 Å². The Hall–Kier alpha value is 7.99. The second kappa shape index (κ2) is 21.3. The van der Waals surface area contributed by atoms with Crippen molar-refractivity contribution >= 4 is 15.2 Å². The Labute approximate surface area is 282 Å². The molecule has 0 aromatic carbocycles. The van der Waals surface area contributed by atoms with Crippen molar-refractivity contribution in [3.05, 3.63) is 0 Å². The molecule has 0 amide bonds. The van der Waals surface area contributed by atoms with E-state index in [0.717, 1.165) is 0 Å². The van der Waals surface area contributed by atoms with Crippen molar-refractivity contribution in [3.63, 3.8) is 0 Å². The molecule has 7 radical (unpaired) electrons. The van der Waals surface area contributed by atoms with Crippen LogP contribution in [0.4, 0.5) is 0 Å². The molecular formula is C2H8O7P2Y7. The van der Waals surface area contributed by atoms with Gasteiger partial charge in [0, 0.05) is 229 Å². The summed E-state index contributed by atoms with van der Waals surface area (Å²) in [5.74, 6) is 0. The molecule has 0 fully saturated rings. The first kappa shape index (κ1) is 50.1. The zero-order valence-corrected chi connectivity index (χ0v) is 31.1. The SMILES string of the molecule is CC(O)(P(=O)(O)O)P(=O)(O)O.[Y].[Y].[Y].[Y].[Y].[Y].[Y]. The van der Waals surface area contributed by atoms with Crippen molar-refractivity contribution in [1.82, 2.24) is 0 Å². The molecule has 0 aliphatic rings. The second-order valence-electron chi connectivity index (χ2n) is 2.06. The van der Waals surface area contributed by atoms with Crippen LogP contribution in [-0.4, -0.2) is 29.8 Å². The standard InChI is InChI=1S/C2H8O7P2.7Y/c1-2(3,10(4,5)6)11(7,8)9;;;;;;;/h3H,1H3,(H2,4,5,6)(H2,7,8,9);;;;;;;. The van der Waals surface area contributed by atoms with Crippen LogP contribution in [0.1, 0.15) is 6.92 Å². The number of hydrogen-bond donors (Lipinski definition) is 5. The Bertz CT molecular complexity index is 224. The zero-order valence-electron chi connectivity index (χ0n) is 9.49. The number of aliphatic hydroxyl groups is 1. The summed E-state index contributed by atoms with van der Waals surface area (Å²) in [7, 11) is -10.4. The third kappa shape index (κ3) is 18.8. The third-order valence-electron chi connectivity index (χ3n) is 1.10. The largest absolute Gasteiger partial charge is 0.369 e. The molecule has 7 nitrogen and oxygen atoms in total. The molecule has 0 spiro atoms. The summed E-state index contributed by atoms with van der Waals surface area (Å²) in [5, 5.41) is 5.37. The first-order valence-corrected chi connectivity index (χ1v) is 5.56. The van der Waals surface area contributed by atoms with Crippen molar-refractivity contribution in [3.8, 4) is 0 Å². The van der Waals surface area contributed by atoms with Crippen molar-refractivity contribution in [2.24, 2.45) is 0 Å². The van der Waals surface area contributed by atoms with Gasteiger partial charge in [-0.3, -0.25) is 9.13 Å². The molecular weight excluding hydrogens is 820 g/mol. The van der Waals surface area contributed by atoms with E-state index in [1.807, 2.05) is 0 Å². The molecule has 0 saturated carbocycles. The molecule has 0 rings (SSSR count). The van der Waals surface area contributed by atoms with Crippen molar-refractivity contribution in [2.75, 3.05) is 0 Å². The average molecular weight is 828 g/mol. The van der Waals surface area contributed by atoms with Gasteiger partial charge in [0.05, 0.1) is 0 Å². The van der Waals surface area contributed by atoms with Gasteiger partial charge in [0.15, 0.2) is 0 Å². The maximum atomic E-state index is 10.3. The van der Waals surface area contributed by atoms with E-state index >= 15 is 0 Å². The maximum absolute atomic E-state index is 10.3. The molecule has 0 aliphatic carbocycles. The van der Waals surface area contributed by atoms with Gasteiger partial charge in [0.1, 0.15) is 0 Å². The average Bonchev–Trinajstić information content (AvgIpc) is 1.58. The molecule has 0 aromatic heterocycles. The Balaban J connectivity index is -0.0000000238. The molecule has 0 unspecified atom stereocenters. The van der Waals surface area contributed by atoms with E-state index in [4.69, 9.17) is 24.7 Å². The summed E-state index contributed by atoms with van der Waals surface area (Å²) in [4.78, 5) is 33.0. The van der Waals surface area contributed by atoms with Crippen LogP contribution in [0.2, 0.25) is 0 Å². The van der Waals surface area contributed by atoms with Gasteiger partial charge in [-0.05, 0) is 6.92 Å². The molecule has 0 atom stereocenters. The minimum absolute atomic E-state index is 0. The van der Waals surface area contributed by atoms with Crippen molar-refractivity contribution in [1.29, 1.82) is 0 Å². The third-order valence-corrected chi connectivity index (χ3v) is 4.87. The Morgan fingerprint density at radius 3 is 0.778 bits per heavy atom. The van der Waals surface area contributed by atoms with Gasteiger partial charge in [-0.2, -0.15) is 0 Å². The minimum Gasteiger partial charge on any atom is -0.368 e. The number of hydrogen-bond acceptors (Lipinski definition) is 3. The van der Waals surface area contributed by atoms with Crippen molar-refractivity contribution < 1.29 is 263 Å². The van der Waals surface area contributed by atoms with Crippen LogP contribution < -0.4 is 0 Å². The molecule has 16 heteroatoms. The summed E-state index contributed by atoms with van der Waals surface area (Å²) in [6, 6.07) is 0. The molecule has 0 heterocycles. The first-order chi connectivity index (χ1) is 4.50.